The molecule has 248 valence electrons. The molecule has 53 heavy (non-hydrogen) atoms. The normalized spacial score (nSPS) is 17.6. The first-order valence-corrected chi connectivity index (χ1v) is 17.3. The van der Waals surface area contributed by atoms with Crippen molar-refractivity contribution < 1.29 is 16.8 Å². The Morgan fingerprint density at radius 3 is 2.11 bits per heavy atom. The molecule has 4 nitrogen and oxygen atoms in total. The molecule has 0 saturated heterocycles. The Hall–Kier alpha value is -6.91. The van der Waals surface area contributed by atoms with Crippen LogP contribution in [0.4, 0.5) is 0 Å². The van der Waals surface area contributed by atoms with E-state index < -0.39 is 47.7 Å². The van der Waals surface area contributed by atoms with Crippen LogP contribution in [-0.2, 0) is 5.41 Å². The van der Waals surface area contributed by atoms with E-state index in [9.17, 15) is 0 Å². The molecule has 1 atom stereocenters. The molecule has 11 rings (SSSR count). The molecular formula is C49H31N3O. The number of hydrogen-bond acceptors (Lipinski definition) is 4. The fourth-order valence-corrected chi connectivity index (χ4v) is 8.28. The van der Waals surface area contributed by atoms with Gasteiger partial charge in [0.25, 0.3) is 0 Å². The van der Waals surface area contributed by atoms with Crippen molar-refractivity contribution in [1.29, 1.82) is 0 Å². The molecule has 0 amide bonds. The smallest absolute Gasteiger partial charge is 0.164 e. The van der Waals surface area contributed by atoms with Gasteiger partial charge in [0.1, 0.15) is 11.2 Å². The second kappa shape index (κ2) is 11.3. The van der Waals surface area contributed by atoms with E-state index in [4.69, 9.17) is 26.7 Å². The van der Waals surface area contributed by atoms with Crippen LogP contribution in [0.5, 0.6) is 0 Å². The molecule has 9 aromatic rings. The molecule has 1 unspecified atom stereocenters. The van der Waals surface area contributed by atoms with Gasteiger partial charge in [-0.2, -0.15) is 0 Å². The standard InChI is InChI=1S/C49H31N3O/c1-30-12-11-16-34(28-30)47-50-46(33-14-3-2-4-15-33)51-48(52-47)35-25-24-32-23-22-31-13-5-8-19-38(31)49(41(32)29-35)39-20-9-6-17-36(39)44-40(49)26-27-43-45(44)37-18-7-10-21-42(37)53-43/h2-29H,1H3/i2D,3D,4D,11D,12D,14D,15D,16D,28D. The van der Waals surface area contributed by atoms with E-state index in [1.807, 2.05) is 66.7 Å². The largest absolute Gasteiger partial charge is 0.456 e. The van der Waals surface area contributed by atoms with Gasteiger partial charge in [0.2, 0.25) is 0 Å². The highest BCUT2D eigenvalue weighted by Crippen LogP contribution is 2.60. The monoisotopic (exact) mass is 686 g/mol. The summed E-state index contributed by atoms with van der Waals surface area (Å²) in [6.07, 6.45) is 4.21. The van der Waals surface area contributed by atoms with Crippen LogP contribution in [0.25, 0.3) is 79.4 Å². The number of rotatable bonds is 3. The first-order chi connectivity index (χ1) is 29.9. The van der Waals surface area contributed by atoms with Crippen LogP contribution in [0.2, 0.25) is 0 Å². The van der Waals surface area contributed by atoms with Gasteiger partial charge in [0.05, 0.1) is 17.8 Å². The van der Waals surface area contributed by atoms with E-state index in [2.05, 4.69) is 53.5 Å². The molecule has 4 heteroatoms. The molecule has 0 fully saturated rings. The second-order valence-electron chi connectivity index (χ2n) is 13.3. The Morgan fingerprint density at radius 1 is 0.547 bits per heavy atom. The molecule has 2 heterocycles. The zero-order valence-electron chi connectivity index (χ0n) is 37.2. The van der Waals surface area contributed by atoms with E-state index in [1.165, 1.54) is 6.92 Å². The SMILES string of the molecule is [2H]c1c([2H])c([2H])c(-c2nc(-c3ccc4c(c3)C3(c5ccccc5C=C4)c4ccccc4-c4c3ccc3oc5ccccc5c43)nc(-c3c([2H])c([2H])c([2H])c(C)c3[2H])n2)c([2H])c1[2H]. The summed E-state index contributed by atoms with van der Waals surface area (Å²) in [5.41, 5.74) is 9.03. The third-order valence-electron chi connectivity index (χ3n) is 10.4. The van der Waals surface area contributed by atoms with Crippen molar-refractivity contribution in [2.75, 3.05) is 0 Å². The van der Waals surface area contributed by atoms with Crippen LogP contribution in [0.15, 0.2) is 162 Å². The summed E-state index contributed by atoms with van der Waals surface area (Å²) in [5.74, 6) is -0.415. The van der Waals surface area contributed by atoms with Crippen LogP contribution in [-0.4, -0.2) is 15.0 Å². The van der Waals surface area contributed by atoms with Crippen molar-refractivity contribution in [3.05, 3.63) is 196 Å². The van der Waals surface area contributed by atoms with E-state index in [0.29, 0.717) is 5.56 Å². The number of para-hydroxylation sites is 1. The maximum Gasteiger partial charge on any atom is 0.164 e. The van der Waals surface area contributed by atoms with Crippen molar-refractivity contribution in [3.63, 3.8) is 0 Å². The Kier molecular flexibility index (Phi) is 4.71. The minimum absolute atomic E-state index is 0.0528. The van der Waals surface area contributed by atoms with Crippen LogP contribution in [0, 0.1) is 6.92 Å². The molecule has 7 aromatic carbocycles. The highest BCUT2D eigenvalue weighted by atomic mass is 16.3. The second-order valence-corrected chi connectivity index (χ2v) is 13.3. The van der Waals surface area contributed by atoms with Crippen LogP contribution in [0.1, 0.15) is 51.3 Å². The van der Waals surface area contributed by atoms with Gasteiger partial charge < -0.3 is 4.42 Å². The lowest BCUT2D eigenvalue weighted by Crippen LogP contribution is -2.30. The third-order valence-corrected chi connectivity index (χ3v) is 10.4. The maximum absolute atomic E-state index is 9.01. The highest BCUT2D eigenvalue weighted by Gasteiger charge is 2.49. The lowest BCUT2D eigenvalue weighted by Gasteiger charge is -2.35. The van der Waals surface area contributed by atoms with Gasteiger partial charge in [-0.25, -0.2) is 15.0 Å². The van der Waals surface area contributed by atoms with E-state index in [0.717, 1.165) is 66.4 Å². The molecule has 0 N–H and O–H groups in total. The molecule has 1 spiro atoms. The number of aromatic nitrogens is 3. The Bertz CT molecular complexity index is 3360. The van der Waals surface area contributed by atoms with E-state index in [1.54, 1.807) is 0 Å². The number of fused-ring (bicyclic) bond motifs is 13. The number of benzene rings is 7. The molecule has 0 aliphatic heterocycles. The first kappa shape index (κ1) is 22.1. The summed E-state index contributed by atoms with van der Waals surface area (Å²) in [4.78, 5) is 14.3. The van der Waals surface area contributed by atoms with Gasteiger partial charge in [-0.1, -0.05) is 151 Å². The van der Waals surface area contributed by atoms with Gasteiger partial charge in [-0.05, 0) is 75.7 Å². The summed E-state index contributed by atoms with van der Waals surface area (Å²) in [6.45, 7) is 1.51. The summed E-state index contributed by atoms with van der Waals surface area (Å²) < 4.78 is 84.1. The van der Waals surface area contributed by atoms with E-state index >= 15 is 0 Å². The lowest BCUT2D eigenvalue weighted by atomic mass is 9.65. The minimum atomic E-state index is -0.889. The lowest BCUT2D eigenvalue weighted by molar-refractivity contribution is 0.668. The van der Waals surface area contributed by atoms with Crippen molar-refractivity contribution in [2.24, 2.45) is 0 Å². The molecule has 2 aliphatic carbocycles. The number of hydrogen-bond donors (Lipinski definition) is 0. The van der Waals surface area contributed by atoms with Crippen LogP contribution in [0.3, 0.4) is 0 Å². The first-order valence-electron chi connectivity index (χ1n) is 21.8. The van der Waals surface area contributed by atoms with Gasteiger partial charge in [-0.3, -0.25) is 0 Å². The summed E-state index contributed by atoms with van der Waals surface area (Å²) in [6, 6.07) is 30.7. The summed E-state index contributed by atoms with van der Waals surface area (Å²) >= 11 is 0. The molecule has 0 bridgehead atoms. The Balaban J connectivity index is 1.25. The topological polar surface area (TPSA) is 51.8 Å². The van der Waals surface area contributed by atoms with Crippen molar-refractivity contribution >= 4 is 34.1 Å². The van der Waals surface area contributed by atoms with Gasteiger partial charge in [-0.15, -0.1) is 0 Å². The molecule has 2 aliphatic rings. The summed E-state index contributed by atoms with van der Waals surface area (Å²) in [5, 5.41) is 2.02. The Labute approximate surface area is 319 Å². The maximum atomic E-state index is 9.01. The molecule has 0 radical (unpaired) electrons. The van der Waals surface area contributed by atoms with Crippen LogP contribution >= 0.6 is 0 Å². The number of furan rings is 1. The zero-order chi connectivity index (χ0) is 42.9. The fourth-order valence-electron chi connectivity index (χ4n) is 8.28. The predicted octanol–water partition coefficient (Wildman–Crippen LogP) is 11.9. The van der Waals surface area contributed by atoms with Crippen LogP contribution < -0.4 is 0 Å². The molecule has 0 saturated carbocycles. The molecule has 2 aromatic heterocycles. The van der Waals surface area contributed by atoms with Gasteiger partial charge >= 0.3 is 0 Å². The summed E-state index contributed by atoms with van der Waals surface area (Å²) in [7, 11) is 0. The minimum Gasteiger partial charge on any atom is -0.456 e. The number of nitrogens with zero attached hydrogens (tertiary/aromatic N) is 3. The predicted molar refractivity (Wildman–Crippen MR) is 214 cm³/mol. The quantitative estimate of drug-likeness (QED) is 0.186. The molecular weight excluding hydrogens is 647 g/mol. The third kappa shape index (κ3) is 4.33. The van der Waals surface area contributed by atoms with E-state index in [-0.39, 0.29) is 46.2 Å². The van der Waals surface area contributed by atoms with Gasteiger partial charge in [0, 0.05) is 27.5 Å². The average molecular weight is 687 g/mol. The van der Waals surface area contributed by atoms with Gasteiger partial charge in [0.15, 0.2) is 17.5 Å². The van der Waals surface area contributed by atoms with Crippen molar-refractivity contribution in [1.82, 2.24) is 15.0 Å². The highest BCUT2D eigenvalue weighted by molar-refractivity contribution is 6.15. The average Bonchev–Trinajstić information content (AvgIpc) is 3.77. The van der Waals surface area contributed by atoms with Crippen molar-refractivity contribution in [2.45, 2.75) is 12.3 Å². The fraction of sp³-hybridized carbons (Fsp3) is 0.0408. The Morgan fingerprint density at radius 2 is 1.25 bits per heavy atom. The zero-order valence-corrected chi connectivity index (χ0v) is 28.2. The van der Waals surface area contributed by atoms with Crippen molar-refractivity contribution in [3.8, 4) is 45.3 Å².